The second kappa shape index (κ2) is 4.18. The highest BCUT2D eigenvalue weighted by Gasteiger charge is 2.41. The van der Waals surface area contributed by atoms with Crippen molar-refractivity contribution < 1.29 is 0 Å². The maximum absolute atomic E-state index is 5.04. The second-order valence-electron chi connectivity index (χ2n) is 6.61. The van der Waals surface area contributed by atoms with Crippen LogP contribution in [-0.4, -0.2) is 22.0 Å². The van der Waals surface area contributed by atoms with Gasteiger partial charge in [-0.15, -0.1) is 0 Å². The van der Waals surface area contributed by atoms with E-state index < -0.39 is 0 Å². The first-order valence-electron chi connectivity index (χ1n) is 7.11. The summed E-state index contributed by atoms with van der Waals surface area (Å²) in [4.78, 5) is 5.04. The van der Waals surface area contributed by atoms with Gasteiger partial charge >= 0.3 is 0 Å². The Kier molecular flexibility index (Phi) is 2.92. The molecule has 0 atom stereocenters. The van der Waals surface area contributed by atoms with Crippen molar-refractivity contribution in [2.45, 2.75) is 69.9 Å². The zero-order chi connectivity index (χ0) is 11.9. The van der Waals surface area contributed by atoms with Crippen LogP contribution >= 0.6 is 11.8 Å². The van der Waals surface area contributed by atoms with Crippen LogP contribution in [0.1, 0.15) is 58.8 Å². The normalized spacial score (nSPS) is 28.2. The number of hydrogen-bond acceptors (Lipinski definition) is 3. The summed E-state index contributed by atoms with van der Waals surface area (Å²) in [5, 5.41) is 4.93. The lowest BCUT2D eigenvalue weighted by molar-refractivity contribution is 0.332. The van der Waals surface area contributed by atoms with Crippen LogP contribution in [0.5, 0.6) is 0 Å². The quantitative estimate of drug-likeness (QED) is 0.812. The lowest BCUT2D eigenvalue weighted by Crippen LogP contribution is -2.43. The summed E-state index contributed by atoms with van der Waals surface area (Å²) >= 11 is 1.96. The molecule has 1 aliphatic heterocycles. The largest absolute Gasteiger partial charge is 0.360 e. The van der Waals surface area contributed by atoms with Crippen molar-refractivity contribution in [1.29, 1.82) is 0 Å². The fraction of sp³-hybridized carbons (Fsp3) is 0.929. The van der Waals surface area contributed by atoms with Crippen molar-refractivity contribution in [2.24, 2.45) is 10.9 Å². The van der Waals surface area contributed by atoms with E-state index in [-0.39, 0.29) is 5.54 Å². The molecular weight excluding hydrogens is 228 g/mol. The van der Waals surface area contributed by atoms with Crippen molar-refractivity contribution in [3.63, 3.8) is 0 Å². The van der Waals surface area contributed by atoms with E-state index in [4.69, 9.17) is 4.99 Å². The highest BCUT2D eigenvalue weighted by Crippen LogP contribution is 2.42. The Morgan fingerprint density at radius 1 is 1.24 bits per heavy atom. The lowest BCUT2D eigenvalue weighted by Gasteiger charge is -2.29. The van der Waals surface area contributed by atoms with Crippen LogP contribution in [0.4, 0.5) is 0 Å². The van der Waals surface area contributed by atoms with E-state index in [0.29, 0.717) is 5.54 Å². The zero-order valence-corrected chi connectivity index (χ0v) is 11.9. The molecule has 0 aromatic heterocycles. The molecule has 0 unspecified atom stereocenters. The van der Waals surface area contributed by atoms with E-state index in [1.165, 1.54) is 55.9 Å². The van der Waals surface area contributed by atoms with Crippen molar-refractivity contribution in [1.82, 2.24) is 5.32 Å². The molecule has 1 N–H and O–H groups in total. The molecule has 2 aliphatic carbocycles. The van der Waals surface area contributed by atoms with E-state index in [9.17, 15) is 0 Å². The topological polar surface area (TPSA) is 24.4 Å². The Morgan fingerprint density at radius 2 is 1.94 bits per heavy atom. The Morgan fingerprint density at radius 3 is 2.59 bits per heavy atom. The van der Waals surface area contributed by atoms with Gasteiger partial charge in [-0.05, 0) is 45.4 Å². The molecular formula is C14H24N2S. The Labute approximate surface area is 109 Å². The van der Waals surface area contributed by atoms with Gasteiger partial charge in [0.05, 0.1) is 5.54 Å². The van der Waals surface area contributed by atoms with Crippen LogP contribution in [0.3, 0.4) is 0 Å². The Hall–Kier alpha value is -0.180. The highest BCUT2D eigenvalue weighted by atomic mass is 32.2. The fourth-order valence-electron chi connectivity index (χ4n) is 3.20. The molecule has 2 nitrogen and oxygen atoms in total. The molecule has 2 saturated carbocycles. The van der Waals surface area contributed by atoms with Gasteiger partial charge in [0, 0.05) is 11.3 Å². The molecule has 0 aromatic carbocycles. The van der Waals surface area contributed by atoms with Gasteiger partial charge in [0.25, 0.3) is 0 Å². The summed E-state index contributed by atoms with van der Waals surface area (Å²) in [5.41, 5.74) is 0.566. The monoisotopic (exact) mass is 252 g/mol. The molecule has 3 rings (SSSR count). The Balaban J connectivity index is 1.66. The summed E-state index contributed by atoms with van der Waals surface area (Å²) in [5.74, 6) is 2.09. The van der Waals surface area contributed by atoms with Crippen LogP contribution in [0.15, 0.2) is 4.99 Å². The molecule has 17 heavy (non-hydrogen) atoms. The lowest BCUT2D eigenvalue weighted by atomic mass is 9.84. The number of rotatable bonds is 2. The maximum atomic E-state index is 5.04. The van der Waals surface area contributed by atoms with E-state index in [1.54, 1.807) is 0 Å². The predicted molar refractivity (Wildman–Crippen MR) is 75.6 cm³/mol. The highest BCUT2D eigenvalue weighted by molar-refractivity contribution is 8.14. The smallest absolute Gasteiger partial charge is 0.157 e. The van der Waals surface area contributed by atoms with Gasteiger partial charge in [-0.25, -0.2) is 0 Å². The summed E-state index contributed by atoms with van der Waals surface area (Å²) in [6.45, 7) is 4.67. The standard InChI is InChI=1S/C14H24N2S/c1-13(2,11-6-7-11)15-12-16-14(10-17-12)8-4-3-5-9-14/h11H,3-10H2,1-2H3,(H,15,16). The molecule has 0 amide bonds. The molecule has 0 aromatic rings. The van der Waals surface area contributed by atoms with Crippen LogP contribution in [-0.2, 0) is 0 Å². The second-order valence-corrected chi connectivity index (χ2v) is 7.58. The molecule has 3 aliphatic rings. The summed E-state index contributed by atoms with van der Waals surface area (Å²) in [6.07, 6.45) is 9.58. The predicted octanol–water partition coefficient (Wildman–Crippen LogP) is 3.57. The van der Waals surface area contributed by atoms with E-state index >= 15 is 0 Å². The molecule has 1 spiro atoms. The summed E-state index contributed by atoms with van der Waals surface area (Å²) in [7, 11) is 0. The third kappa shape index (κ3) is 2.49. The summed E-state index contributed by atoms with van der Waals surface area (Å²) in [6, 6.07) is 0. The van der Waals surface area contributed by atoms with E-state index in [2.05, 4.69) is 19.2 Å². The van der Waals surface area contributed by atoms with Crippen LogP contribution in [0.2, 0.25) is 0 Å². The first-order chi connectivity index (χ1) is 8.10. The summed E-state index contributed by atoms with van der Waals surface area (Å²) < 4.78 is 0. The molecule has 0 saturated heterocycles. The van der Waals surface area contributed by atoms with E-state index in [0.717, 1.165) is 5.92 Å². The number of nitrogens with one attached hydrogen (secondary N) is 1. The van der Waals surface area contributed by atoms with Crippen molar-refractivity contribution in [2.75, 3.05) is 5.75 Å². The average Bonchev–Trinajstić information content (AvgIpc) is 3.07. The maximum Gasteiger partial charge on any atom is 0.157 e. The number of nitrogens with zero attached hydrogens (tertiary/aromatic N) is 1. The van der Waals surface area contributed by atoms with Gasteiger partial charge in [-0.3, -0.25) is 4.99 Å². The molecule has 0 bridgehead atoms. The number of thioether (sulfide) groups is 1. The first kappa shape index (κ1) is 11.9. The minimum Gasteiger partial charge on any atom is -0.360 e. The number of amidine groups is 1. The molecule has 96 valence electrons. The third-order valence-corrected chi connectivity index (χ3v) is 5.78. The average molecular weight is 252 g/mol. The van der Waals surface area contributed by atoms with Gasteiger partial charge in [-0.2, -0.15) is 0 Å². The zero-order valence-electron chi connectivity index (χ0n) is 11.1. The first-order valence-corrected chi connectivity index (χ1v) is 8.09. The van der Waals surface area contributed by atoms with Crippen LogP contribution in [0.25, 0.3) is 0 Å². The van der Waals surface area contributed by atoms with Crippen molar-refractivity contribution >= 4 is 16.9 Å². The molecule has 0 radical (unpaired) electrons. The van der Waals surface area contributed by atoms with Gasteiger partial charge in [-0.1, -0.05) is 31.0 Å². The molecule has 2 fully saturated rings. The minimum absolute atomic E-state index is 0.256. The van der Waals surface area contributed by atoms with Gasteiger partial charge < -0.3 is 5.32 Å². The molecule has 1 heterocycles. The van der Waals surface area contributed by atoms with Gasteiger partial charge in [0.2, 0.25) is 0 Å². The molecule has 3 heteroatoms. The number of hydrogen-bond donors (Lipinski definition) is 1. The SMILES string of the molecule is CC(C)(NC1=NC2(CCCCC2)CS1)C1CC1. The van der Waals surface area contributed by atoms with E-state index in [1.807, 2.05) is 11.8 Å². The van der Waals surface area contributed by atoms with Crippen LogP contribution < -0.4 is 5.32 Å². The van der Waals surface area contributed by atoms with Gasteiger partial charge in [0.1, 0.15) is 0 Å². The number of aliphatic imine (C=N–C) groups is 1. The van der Waals surface area contributed by atoms with Crippen LogP contribution in [0, 0.1) is 5.92 Å². The minimum atomic E-state index is 0.256. The van der Waals surface area contributed by atoms with Crippen molar-refractivity contribution in [3.8, 4) is 0 Å². The van der Waals surface area contributed by atoms with Crippen molar-refractivity contribution in [3.05, 3.63) is 0 Å². The van der Waals surface area contributed by atoms with Gasteiger partial charge in [0.15, 0.2) is 5.17 Å². The third-order valence-electron chi connectivity index (χ3n) is 4.63. The fourth-order valence-corrected chi connectivity index (χ4v) is 4.55. The Bertz CT molecular complexity index is 325.